The molecule has 0 aliphatic carbocycles. The summed E-state index contributed by atoms with van der Waals surface area (Å²) in [5.41, 5.74) is 3.04. The molecule has 0 aliphatic heterocycles. The van der Waals surface area contributed by atoms with Crippen LogP contribution in [0, 0.1) is 0 Å². The zero-order valence-electron chi connectivity index (χ0n) is 14.7. The fraction of sp³-hybridized carbons (Fsp3) is 0.130. The number of carbonyl (C=O) groups excluding carboxylic acids is 1. The first-order valence-corrected chi connectivity index (χ1v) is 8.75. The Labute approximate surface area is 152 Å². The molecule has 0 fully saturated rings. The summed E-state index contributed by atoms with van der Waals surface area (Å²) in [4.78, 5) is 19.0. The Morgan fingerprint density at radius 1 is 0.846 bits per heavy atom. The molecule has 0 saturated carbocycles. The molecule has 0 bridgehead atoms. The van der Waals surface area contributed by atoms with E-state index in [2.05, 4.69) is 29.2 Å². The summed E-state index contributed by atoms with van der Waals surface area (Å²) in [6.45, 7) is 0.596. The molecule has 3 nitrogen and oxygen atoms in total. The van der Waals surface area contributed by atoms with E-state index in [1.165, 1.54) is 10.8 Å². The highest BCUT2D eigenvalue weighted by Crippen LogP contribution is 2.21. The fourth-order valence-electron chi connectivity index (χ4n) is 3.38. The van der Waals surface area contributed by atoms with Crippen LogP contribution in [0.3, 0.4) is 0 Å². The minimum absolute atomic E-state index is 0.0936. The van der Waals surface area contributed by atoms with Crippen LogP contribution in [0.1, 0.15) is 11.1 Å². The minimum atomic E-state index is 0.0936. The summed E-state index contributed by atoms with van der Waals surface area (Å²) in [6.07, 6.45) is 2.13. The molecule has 0 saturated heterocycles. The molecule has 3 aromatic carbocycles. The number of amides is 1. The number of rotatable bonds is 4. The van der Waals surface area contributed by atoms with Gasteiger partial charge in [0.25, 0.3) is 0 Å². The molecule has 3 heteroatoms. The highest BCUT2D eigenvalue weighted by molar-refractivity contribution is 5.88. The van der Waals surface area contributed by atoms with E-state index in [4.69, 9.17) is 0 Å². The van der Waals surface area contributed by atoms with Gasteiger partial charge in [0.05, 0.1) is 11.9 Å². The molecule has 4 rings (SSSR count). The normalized spacial score (nSPS) is 11.0. The Hall–Kier alpha value is -3.20. The fourth-order valence-corrected chi connectivity index (χ4v) is 3.38. The molecule has 128 valence electrons. The average Bonchev–Trinajstić information content (AvgIpc) is 2.68. The van der Waals surface area contributed by atoms with Gasteiger partial charge in [0.2, 0.25) is 5.91 Å². The predicted octanol–water partition coefficient (Wildman–Crippen LogP) is 4.59. The molecule has 4 aromatic rings. The average molecular weight is 340 g/mol. The van der Waals surface area contributed by atoms with Crippen molar-refractivity contribution in [2.75, 3.05) is 7.05 Å². The third-order valence-corrected chi connectivity index (χ3v) is 4.77. The van der Waals surface area contributed by atoms with Gasteiger partial charge >= 0.3 is 0 Å². The lowest BCUT2D eigenvalue weighted by Gasteiger charge is -2.19. The first kappa shape index (κ1) is 16.3. The van der Waals surface area contributed by atoms with Crippen LogP contribution >= 0.6 is 0 Å². The van der Waals surface area contributed by atoms with Gasteiger partial charge in [-0.2, -0.15) is 0 Å². The molecule has 0 aliphatic rings. The number of nitrogens with zero attached hydrogens (tertiary/aromatic N) is 2. The summed E-state index contributed by atoms with van der Waals surface area (Å²) in [7, 11) is 1.86. The highest BCUT2D eigenvalue weighted by atomic mass is 16.2. The van der Waals surface area contributed by atoms with E-state index in [0.717, 1.165) is 22.0 Å². The van der Waals surface area contributed by atoms with Crippen LogP contribution in [0.2, 0.25) is 0 Å². The van der Waals surface area contributed by atoms with Gasteiger partial charge in [-0.1, -0.05) is 66.7 Å². The van der Waals surface area contributed by atoms with Crippen molar-refractivity contribution in [3.63, 3.8) is 0 Å². The Morgan fingerprint density at radius 3 is 2.42 bits per heavy atom. The molecule has 0 atom stereocenters. The number of fused-ring (bicyclic) bond motifs is 2. The number of aromatic nitrogens is 1. The Bertz CT molecular complexity index is 1080. The van der Waals surface area contributed by atoms with Gasteiger partial charge in [0, 0.05) is 25.2 Å². The number of carbonyl (C=O) groups is 1. The lowest BCUT2D eigenvalue weighted by Crippen LogP contribution is -2.27. The van der Waals surface area contributed by atoms with Crippen molar-refractivity contribution in [2.24, 2.45) is 0 Å². The van der Waals surface area contributed by atoms with Crippen molar-refractivity contribution in [1.82, 2.24) is 9.88 Å². The summed E-state index contributed by atoms with van der Waals surface area (Å²) in [5, 5.41) is 3.46. The van der Waals surface area contributed by atoms with Crippen LogP contribution in [0.4, 0.5) is 0 Å². The Balaban J connectivity index is 1.56. The molecule has 1 heterocycles. The smallest absolute Gasteiger partial charge is 0.227 e. The monoisotopic (exact) mass is 340 g/mol. The van der Waals surface area contributed by atoms with Gasteiger partial charge < -0.3 is 4.90 Å². The molecule has 0 N–H and O–H groups in total. The van der Waals surface area contributed by atoms with Crippen molar-refractivity contribution in [3.8, 4) is 0 Å². The third kappa shape index (κ3) is 3.16. The number of pyridine rings is 1. The van der Waals surface area contributed by atoms with E-state index < -0.39 is 0 Å². The van der Waals surface area contributed by atoms with Crippen LogP contribution in [0.25, 0.3) is 21.7 Å². The van der Waals surface area contributed by atoms with Gasteiger partial charge in [0.1, 0.15) is 0 Å². The second-order valence-electron chi connectivity index (χ2n) is 6.56. The SMILES string of the molecule is CN(Cc1cccc2ccccc12)C(=O)Cc1cccc2cccnc12. The molecular formula is C23H20N2O. The van der Waals surface area contributed by atoms with Crippen molar-refractivity contribution in [2.45, 2.75) is 13.0 Å². The number of hydrogen-bond donors (Lipinski definition) is 0. The topological polar surface area (TPSA) is 33.2 Å². The van der Waals surface area contributed by atoms with Gasteiger partial charge in [-0.05, 0) is 28.0 Å². The molecule has 0 radical (unpaired) electrons. The van der Waals surface area contributed by atoms with Crippen LogP contribution in [-0.4, -0.2) is 22.8 Å². The van der Waals surface area contributed by atoms with E-state index in [1.807, 2.05) is 55.6 Å². The Kier molecular flexibility index (Phi) is 4.36. The zero-order valence-corrected chi connectivity index (χ0v) is 14.7. The van der Waals surface area contributed by atoms with Gasteiger partial charge in [0.15, 0.2) is 0 Å². The van der Waals surface area contributed by atoms with Crippen molar-refractivity contribution in [1.29, 1.82) is 0 Å². The predicted molar refractivity (Wildman–Crippen MR) is 106 cm³/mol. The lowest BCUT2D eigenvalue weighted by atomic mass is 10.0. The second-order valence-corrected chi connectivity index (χ2v) is 6.56. The summed E-state index contributed by atoms with van der Waals surface area (Å²) >= 11 is 0. The zero-order chi connectivity index (χ0) is 17.9. The van der Waals surface area contributed by atoms with Gasteiger partial charge in [-0.3, -0.25) is 9.78 Å². The first-order valence-electron chi connectivity index (χ1n) is 8.75. The first-order chi connectivity index (χ1) is 12.7. The number of likely N-dealkylation sites (N-methyl/N-ethyl adjacent to an activating group) is 1. The number of benzene rings is 3. The maximum absolute atomic E-state index is 12.8. The summed E-state index contributed by atoms with van der Waals surface area (Å²) in [5.74, 6) is 0.0936. The maximum Gasteiger partial charge on any atom is 0.227 e. The third-order valence-electron chi connectivity index (χ3n) is 4.77. The van der Waals surface area contributed by atoms with E-state index in [0.29, 0.717) is 13.0 Å². The molecule has 1 aromatic heterocycles. The molecule has 26 heavy (non-hydrogen) atoms. The van der Waals surface area contributed by atoms with Crippen LogP contribution in [0.15, 0.2) is 79.0 Å². The lowest BCUT2D eigenvalue weighted by molar-refractivity contribution is -0.129. The van der Waals surface area contributed by atoms with Crippen molar-refractivity contribution in [3.05, 3.63) is 90.1 Å². The summed E-state index contributed by atoms with van der Waals surface area (Å²) in [6, 6.07) is 24.5. The minimum Gasteiger partial charge on any atom is -0.341 e. The van der Waals surface area contributed by atoms with Gasteiger partial charge in [-0.25, -0.2) is 0 Å². The standard InChI is InChI=1S/C23H20N2O/c1-25(16-20-11-4-8-17-7-2-3-13-21(17)20)22(26)15-19-10-5-9-18-12-6-14-24-23(18)19/h2-14H,15-16H2,1H3. The van der Waals surface area contributed by atoms with E-state index in [1.54, 1.807) is 11.1 Å². The molecular weight excluding hydrogens is 320 g/mol. The molecule has 0 unspecified atom stereocenters. The summed E-state index contributed by atoms with van der Waals surface area (Å²) < 4.78 is 0. The molecule has 1 amide bonds. The molecule has 0 spiro atoms. The van der Waals surface area contributed by atoms with E-state index in [9.17, 15) is 4.79 Å². The van der Waals surface area contributed by atoms with Crippen molar-refractivity contribution >= 4 is 27.6 Å². The maximum atomic E-state index is 12.8. The van der Waals surface area contributed by atoms with Crippen LogP contribution in [-0.2, 0) is 17.8 Å². The number of hydrogen-bond acceptors (Lipinski definition) is 2. The largest absolute Gasteiger partial charge is 0.341 e. The highest BCUT2D eigenvalue weighted by Gasteiger charge is 2.13. The van der Waals surface area contributed by atoms with Crippen LogP contribution in [0.5, 0.6) is 0 Å². The quantitative estimate of drug-likeness (QED) is 0.544. The number of para-hydroxylation sites is 1. The Morgan fingerprint density at radius 2 is 1.54 bits per heavy atom. The van der Waals surface area contributed by atoms with Crippen LogP contribution < -0.4 is 0 Å². The van der Waals surface area contributed by atoms with Gasteiger partial charge in [-0.15, -0.1) is 0 Å². The van der Waals surface area contributed by atoms with E-state index >= 15 is 0 Å². The van der Waals surface area contributed by atoms with E-state index in [-0.39, 0.29) is 5.91 Å². The van der Waals surface area contributed by atoms with Crippen molar-refractivity contribution < 1.29 is 4.79 Å². The second kappa shape index (κ2) is 6.96.